The molecule has 1 N–H and O–H groups in total. The monoisotopic (exact) mass is 245 g/mol. The Labute approximate surface area is 95.7 Å². The largest absolute Gasteiger partial charge is 0.481 e. The van der Waals surface area contributed by atoms with E-state index in [0.717, 1.165) is 29.7 Å². The van der Waals surface area contributed by atoms with Crippen molar-refractivity contribution in [1.82, 2.24) is 4.98 Å². The van der Waals surface area contributed by atoms with E-state index in [9.17, 15) is 4.79 Å². The van der Waals surface area contributed by atoms with Gasteiger partial charge in [0.15, 0.2) is 4.34 Å². The van der Waals surface area contributed by atoms with E-state index in [-0.39, 0.29) is 5.75 Å². The molecule has 2 heterocycles. The van der Waals surface area contributed by atoms with Crippen molar-refractivity contribution in [3.8, 4) is 0 Å². The normalized spacial score (nSPS) is 20.7. The lowest BCUT2D eigenvalue weighted by molar-refractivity contribution is -0.133. The van der Waals surface area contributed by atoms with E-state index < -0.39 is 5.97 Å². The van der Waals surface area contributed by atoms with E-state index >= 15 is 0 Å². The molecule has 0 aromatic carbocycles. The molecule has 1 atom stereocenters. The van der Waals surface area contributed by atoms with Crippen LogP contribution in [0, 0.1) is 0 Å². The Morgan fingerprint density at radius 3 is 3.33 bits per heavy atom. The number of nitrogens with zero attached hydrogens (tertiary/aromatic N) is 1. The number of carboxylic acid groups (broad SMARTS) is 1. The molecule has 2 rings (SSSR count). The average molecular weight is 245 g/mol. The predicted octanol–water partition coefficient (Wildman–Crippen LogP) is 1.82. The molecule has 0 radical (unpaired) electrons. The molecular weight excluding hydrogens is 234 g/mol. The van der Waals surface area contributed by atoms with Crippen LogP contribution in [0.25, 0.3) is 0 Å². The van der Waals surface area contributed by atoms with Gasteiger partial charge in [-0.1, -0.05) is 11.8 Å². The van der Waals surface area contributed by atoms with Crippen LogP contribution in [0.3, 0.4) is 0 Å². The van der Waals surface area contributed by atoms with E-state index in [2.05, 4.69) is 4.98 Å². The second kappa shape index (κ2) is 4.96. The second-order valence-corrected chi connectivity index (χ2v) is 5.36. The quantitative estimate of drug-likeness (QED) is 0.820. The summed E-state index contributed by atoms with van der Waals surface area (Å²) in [6, 6.07) is 0. The lowest BCUT2D eigenvalue weighted by Crippen LogP contribution is -1.99. The highest BCUT2D eigenvalue weighted by Crippen LogP contribution is 2.30. The number of aromatic nitrogens is 1. The van der Waals surface area contributed by atoms with Crippen LogP contribution in [0.4, 0.5) is 0 Å². The molecule has 0 aliphatic carbocycles. The molecule has 4 nitrogen and oxygen atoms in total. The maximum absolute atomic E-state index is 10.4. The van der Waals surface area contributed by atoms with Gasteiger partial charge in [0.05, 0.1) is 18.1 Å². The summed E-state index contributed by atoms with van der Waals surface area (Å²) in [5.41, 5.74) is 1.05. The van der Waals surface area contributed by atoms with E-state index in [1.807, 2.05) is 5.38 Å². The zero-order chi connectivity index (χ0) is 10.7. The first-order valence-corrected chi connectivity index (χ1v) is 6.50. The van der Waals surface area contributed by atoms with Crippen LogP contribution in [0.1, 0.15) is 18.0 Å². The number of carboxylic acids is 1. The Bertz CT molecular complexity index is 347. The van der Waals surface area contributed by atoms with Crippen molar-refractivity contribution in [3.63, 3.8) is 0 Å². The van der Waals surface area contributed by atoms with Gasteiger partial charge in [-0.3, -0.25) is 4.79 Å². The Morgan fingerprint density at radius 2 is 2.67 bits per heavy atom. The maximum Gasteiger partial charge on any atom is 0.313 e. The second-order valence-electron chi connectivity index (χ2n) is 3.28. The Hall–Kier alpha value is -0.590. The maximum atomic E-state index is 10.4. The van der Waals surface area contributed by atoms with Crippen molar-refractivity contribution in [2.45, 2.75) is 16.7 Å². The van der Waals surface area contributed by atoms with Crippen LogP contribution in [-0.2, 0) is 9.53 Å². The first-order chi connectivity index (χ1) is 7.25. The van der Waals surface area contributed by atoms with Crippen LogP contribution in [-0.4, -0.2) is 35.0 Å². The number of hydrogen-bond donors (Lipinski definition) is 1. The Balaban J connectivity index is 1.94. The summed E-state index contributed by atoms with van der Waals surface area (Å²) in [5, 5.41) is 10.5. The fourth-order valence-corrected chi connectivity index (χ4v) is 3.05. The summed E-state index contributed by atoms with van der Waals surface area (Å²) in [7, 11) is 0. The van der Waals surface area contributed by atoms with Gasteiger partial charge in [0.2, 0.25) is 0 Å². The van der Waals surface area contributed by atoms with Crippen LogP contribution in [0.2, 0.25) is 0 Å². The molecule has 0 amide bonds. The molecule has 1 saturated heterocycles. The van der Waals surface area contributed by atoms with Gasteiger partial charge in [0.25, 0.3) is 0 Å². The molecule has 1 fully saturated rings. The van der Waals surface area contributed by atoms with E-state index in [1.54, 1.807) is 0 Å². The standard InChI is InChI=1S/C9H11NO3S2/c11-8(12)5-15-9-10-7(4-14-9)6-1-2-13-3-6/h4,6H,1-3,5H2,(H,11,12). The Morgan fingerprint density at radius 1 is 1.80 bits per heavy atom. The summed E-state index contributed by atoms with van der Waals surface area (Å²) < 4.78 is 6.12. The Kier molecular flexibility index (Phi) is 3.61. The minimum Gasteiger partial charge on any atom is -0.481 e. The molecule has 0 saturated carbocycles. The van der Waals surface area contributed by atoms with Crippen LogP contribution >= 0.6 is 23.1 Å². The molecule has 0 spiro atoms. The fraction of sp³-hybridized carbons (Fsp3) is 0.556. The molecule has 6 heteroatoms. The zero-order valence-corrected chi connectivity index (χ0v) is 9.64. The molecule has 82 valence electrons. The van der Waals surface area contributed by atoms with Gasteiger partial charge in [0, 0.05) is 17.9 Å². The SMILES string of the molecule is O=C(O)CSc1nc(C2CCOC2)cs1. The summed E-state index contributed by atoms with van der Waals surface area (Å²) in [5.74, 6) is -0.324. The average Bonchev–Trinajstić information content (AvgIpc) is 2.85. The molecule has 1 aliphatic rings. The van der Waals surface area contributed by atoms with Gasteiger partial charge in [-0.25, -0.2) is 4.98 Å². The third kappa shape index (κ3) is 2.93. The highest BCUT2D eigenvalue weighted by atomic mass is 32.2. The molecule has 1 aromatic rings. The topological polar surface area (TPSA) is 59.4 Å². The van der Waals surface area contributed by atoms with Gasteiger partial charge in [-0.05, 0) is 6.42 Å². The summed E-state index contributed by atoms with van der Waals surface area (Å²) in [6.45, 7) is 1.55. The van der Waals surface area contributed by atoms with Gasteiger partial charge in [-0.2, -0.15) is 0 Å². The molecule has 1 unspecified atom stereocenters. The fourth-order valence-electron chi connectivity index (χ4n) is 1.41. The molecule has 15 heavy (non-hydrogen) atoms. The highest BCUT2D eigenvalue weighted by molar-refractivity contribution is 8.01. The minimum atomic E-state index is -0.805. The number of thiazole rings is 1. The van der Waals surface area contributed by atoms with Crippen LogP contribution in [0.15, 0.2) is 9.72 Å². The van der Waals surface area contributed by atoms with Crippen LogP contribution in [0.5, 0.6) is 0 Å². The van der Waals surface area contributed by atoms with E-state index in [1.165, 1.54) is 23.1 Å². The number of hydrogen-bond acceptors (Lipinski definition) is 5. The van der Waals surface area contributed by atoms with Gasteiger partial charge in [0.1, 0.15) is 0 Å². The lowest BCUT2D eigenvalue weighted by Gasteiger charge is -2.00. The molecule has 0 bridgehead atoms. The molecule has 1 aliphatic heterocycles. The smallest absolute Gasteiger partial charge is 0.313 e. The van der Waals surface area contributed by atoms with Crippen molar-refractivity contribution in [2.75, 3.05) is 19.0 Å². The molecular formula is C9H11NO3S2. The van der Waals surface area contributed by atoms with Crippen molar-refractivity contribution < 1.29 is 14.6 Å². The molecule has 1 aromatic heterocycles. The number of thioether (sulfide) groups is 1. The zero-order valence-electron chi connectivity index (χ0n) is 8.01. The summed E-state index contributed by atoms with van der Waals surface area (Å²) in [6.07, 6.45) is 1.02. The lowest BCUT2D eigenvalue weighted by atomic mass is 10.1. The van der Waals surface area contributed by atoms with Crippen molar-refractivity contribution in [2.24, 2.45) is 0 Å². The van der Waals surface area contributed by atoms with Gasteiger partial charge < -0.3 is 9.84 Å². The number of aliphatic carboxylic acids is 1. The number of rotatable bonds is 4. The predicted molar refractivity (Wildman–Crippen MR) is 58.7 cm³/mol. The number of carbonyl (C=O) groups is 1. The third-order valence-electron chi connectivity index (χ3n) is 2.17. The van der Waals surface area contributed by atoms with Crippen molar-refractivity contribution >= 4 is 29.1 Å². The van der Waals surface area contributed by atoms with Gasteiger partial charge in [-0.15, -0.1) is 11.3 Å². The van der Waals surface area contributed by atoms with E-state index in [0.29, 0.717) is 5.92 Å². The van der Waals surface area contributed by atoms with Crippen molar-refractivity contribution in [1.29, 1.82) is 0 Å². The summed E-state index contributed by atoms with van der Waals surface area (Å²) >= 11 is 2.79. The van der Waals surface area contributed by atoms with E-state index in [4.69, 9.17) is 9.84 Å². The first-order valence-electron chi connectivity index (χ1n) is 4.63. The highest BCUT2D eigenvalue weighted by Gasteiger charge is 2.20. The summed E-state index contributed by atoms with van der Waals surface area (Å²) in [4.78, 5) is 14.8. The third-order valence-corrected chi connectivity index (χ3v) is 4.19. The number of ether oxygens (including phenoxy) is 1. The van der Waals surface area contributed by atoms with Crippen molar-refractivity contribution in [3.05, 3.63) is 11.1 Å². The first kappa shape index (κ1) is 10.9. The van der Waals surface area contributed by atoms with Crippen LogP contribution < -0.4 is 0 Å². The van der Waals surface area contributed by atoms with Gasteiger partial charge >= 0.3 is 5.97 Å². The minimum absolute atomic E-state index is 0.0775.